The molecule has 0 bridgehead atoms. The van der Waals surface area contributed by atoms with Crippen molar-refractivity contribution in [1.82, 2.24) is 19.9 Å². The lowest BCUT2D eigenvalue weighted by molar-refractivity contribution is 0.102. The van der Waals surface area contributed by atoms with Crippen LogP contribution in [-0.2, 0) is 0 Å². The number of nitrogens with one attached hydrogen (secondary N) is 3. The molecule has 3 aromatic carbocycles. The topological polar surface area (TPSA) is 105 Å². The Morgan fingerprint density at radius 2 is 1.37 bits per heavy atom. The zero-order chi connectivity index (χ0) is 24.2. The summed E-state index contributed by atoms with van der Waals surface area (Å²) in [6, 6.07) is 24.7. The highest BCUT2D eigenvalue weighted by atomic mass is 16.1. The maximum atomic E-state index is 12.6. The minimum atomic E-state index is -0.317. The zero-order valence-corrected chi connectivity index (χ0v) is 19.3. The van der Waals surface area contributed by atoms with Crippen LogP contribution in [0.2, 0.25) is 0 Å². The number of anilines is 5. The van der Waals surface area contributed by atoms with Gasteiger partial charge in [-0.25, -0.2) is 9.97 Å². The number of rotatable bonds is 6. The third kappa shape index (κ3) is 5.39. The van der Waals surface area contributed by atoms with Gasteiger partial charge in [-0.1, -0.05) is 29.8 Å². The molecule has 172 valence electrons. The molecule has 8 heteroatoms. The highest BCUT2D eigenvalue weighted by Gasteiger charge is 2.10. The summed E-state index contributed by atoms with van der Waals surface area (Å²) in [5.74, 6) is 0.856. The molecular weight excluding hydrogens is 438 g/mol. The molecule has 8 nitrogen and oxygen atoms in total. The number of para-hydroxylation sites is 2. The van der Waals surface area contributed by atoms with Crippen molar-refractivity contribution >= 4 is 45.8 Å². The Balaban J connectivity index is 1.26. The number of nitrogens with zero attached hydrogens (tertiary/aromatic N) is 4. The summed E-state index contributed by atoms with van der Waals surface area (Å²) in [7, 11) is 0. The predicted molar refractivity (Wildman–Crippen MR) is 138 cm³/mol. The first-order chi connectivity index (χ1) is 17.0. The molecule has 5 rings (SSSR count). The minimum absolute atomic E-state index is 0.260. The van der Waals surface area contributed by atoms with Crippen molar-refractivity contribution < 1.29 is 4.79 Å². The van der Waals surface area contributed by atoms with Crippen LogP contribution in [0.1, 0.15) is 21.7 Å². The summed E-state index contributed by atoms with van der Waals surface area (Å²) in [4.78, 5) is 30.3. The minimum Gasteiger partial charge on any atom is -0.340 e. The van der Waals surface area contributed by atoms with Crippen LogP contribution in [0, 0.1) is 13.8 Å². The van der Waals surface area contributed by atoms with Gasteiger partial charge >= 0.3 is 0 Å². The molecule has 2 heterocycles. The summed E-state index contributed by atoms with van der Waals surface area (Å²) in [6.45, 7) is 3.96. The van der Waals surface area contributed by atoms with Crippen LogP contribution in [0.4, 0.5) is 28.8 Å². The molecule has 2 aromatic heterocycles. The first-order valence-corrected chi connectivity index (χ1v) is 11.1. The number of benzene rings is 3. The number of carbonyl (C=O) groups excluding carboxylic acids is 1. The lowest BCUT2D eigenvalue weighted by Crippen LogP contribution is -2.14. The van der Waals surface area contributed by atoms with Gasteiger partial charge in [-0.15, -0.1) is 0 Å². The summed E-state index contributed by atoms with van der Waals surface area (Å²) in [5, 5.41) is 9.38. The fourth-order valence-electron chi connectivity index (χ4n) is 3.50. The Hall–Kier alpha value is -4.85. The largest absolute Gasteiger partial charge is 0.340 e. The van der Waals surface area contributed by atoms with E-state index < -0.39 is 0 Å². The number of fused-ring (bicyclic) bond motifs is 1. The van der Waals surface area contributed by atoms with E-state index in [1.165, 1.54) is 11.8 Å². The van der Waals surface area contributed by atoms with Crippen molar-refractivity contribution in [3.63, 3.8) is 0 Å². The van der Waals surface area contributed by atoms with Gasteiger partial charge in [0.1, 0.15) is 11.5 Å². The second-order valence-electron chi connectivity index (χ2n) is 8.11. The van der Waals surface area contributed by atoms with Crippen LogP contribution in [0.15, 0.2) is 85.1 Å². The van der Waals surface area contributed by atoms with Crippen molar-refractivity contribution in [1.29, 1.82) is 0 Å². The average Bonchev–Trinajstić information content (AvgIpc) is 2.86. The molecule has 1 amide bonds. The van der Waals surface area contributed by atoms with Crippen molar-refractivity contribution in [2.24, 2.45) is 0 Å². The lowest BCUT2D eigenvalue weighted by Gasteiger charge is -2.11. The third-order valence-electron chi connectivity index (χ3n) is 5.26. The molecule has 0 saturated heterocycles. The third-order valence-corrected chi connectivity index (χ3v) is 5.26. The average molecular weight is 462 g/mol. The molecule has 0 fully saturated rings. The molecule has 0 radical (unpaired) electrons. The van der Waals surface area contributed by atoms with E-state index in [4.69, 9.17) is 0 Å². The standard InChI is InChI=1S/C27H23N7O/c1-17-7-9-21(10-8-17)32-27-29-18(2)15-25(34-27)30-19-11-13-20(14-12-19)31-26(35)24-16-28-22-5-3-4-6-23(22)33-24/h3-16H,1-2H3,(H,31,35)(H2,29,30,32,34). The monoisotopic (exact) mass is 461 g/mol. The molecule has 5 aromatic rings. The van der Waals surface area contributed by atoms with Crippen LogP contribution in [-0.4, -0.2) is 25.8 Å². The molecule has 3 N–H and O–H groups in total. The molecule has 35 heavy (non-hydrogen) atoms. The summed E-state index contributed by atoms with van der Waals surface area (Å²) < 4.78 is 0. The Labute approximate surface area is 202 Å². The second kappa shape index (κ2) is 9.56. The van der Waals surface area contributed by atoms with E-state index in [0.29, 0.717) is 23.0 Å². The number of hydrogen-bond donors (Lipinski definition) is 3. The molecule has 0 spiro atoms. The maximum Gasteiger partial charge on any atom is 0.275 e. The highest BCUT2D eigenvalue weighted by molar-refractivity contribution is 6.03. The van der Waals surface area contributed by atoms with E-state index in [-0.39, 0.29) is 11.6 Å². The summed E-state index contributed by atoms with van der Waals surface area (Å²) >= 11 is 0. The Morgan fingerprint density at radius 1 is 0.714 bits per heavy atom. The van der Waals surface area contributed by atoms with Gasteiger partial charge in [0.2, 0.25) is 5.95 Å². The van der Waals surface area contributed by atoms with E-state index in [0.717, 1.165) is 22.6 Å². The van der Waals surface area contributed by atoms with Gasteiger partial charge in [0.15, 0.2) is 0 Å². The van der Waals surface area contributed by atoms with E-state index >= 15 is 0 Å². The predicted octanol–water partition coefficient (Wildman–Crippen LogP) is 5.78. The molecule has 0 unspecified atom stereocenters. The quantitative estimate of drug-likeness (QED) is 0.294. The number of aryl methyl sites for hydroxylation is 2. The number of carbonyl (C=O) groups is 1. The molecule has 0 aliphatic carbocycles. The second-order valence-corrected chi connectivity index (χ2v) is 8.11. The first kappa shape index (κ1) is 22.0. The number of aromatic nitrogens is 4. The molecule has 0 aliphatic rings. The number of amides is 1. The smallest absolute Gasteiger partial charge is 0.275 e. The van der Waals surface area contributed by atoms with Gasteiger partial charge in [-0.2, -0.15) is 4.98 Å². The van der Waals surface area contributed by atoms with E-state index in [9.17, 15) is 4.79 Å². The van der Waals surface area contributed by atoms with Gasteiger partial charge in [-0.05, 0) is 62.4 Å². The van der Waals surface area contributed by atoms with E-state index in [1.54, 1.807) is 0 Å². The van der Waals surface area contributed by atoms with Gasteiger partial charge in [0.05, 0.1) is 17.2 Å². The van der Waals surface area contributed by atoms with Crippen LogP contribution in [0.5, 0.6) is 0 Å². The first-order valence-electron chi connectivity index (χ1n) is 11.1. The summed E-state index contributed by atoms with van der Waals surface area (Å²) in [5.41, 5.74) is 6.10. The Morgan fingerprint density at radius 3 is 2.14 bits per heavy atom. The van der Waals surface area contributed by atoms with Crippen molar-refractivity contribution in [2.75, 3.05) is 16.0 Å². The molecule has 0 aliphatic heterocycles. The zero-order valence-electron chi connectivity index (χ0n) is 19.3. The van der Waals surface area contributed by atoms with E-state index in [1.807, 2.05) is 92.7 Å². The Bertz CT molecular complexity index is 1500. The van der Waals surface area contributed by atoms with Gasteiger partial charge in [0, 0.05) is 28.8 Å². The lowest BCUT2D eigenvalue weighted by atomic mass is 10.2. The SMILES string of the molecule is Cc1ccc(Nc2nc(C)cc(Nc3ccc(NC(=O)c4cnc5ccccc5n4)cc3)n2)cc1. The highest BCUT2D eigenvalue weighted by Crippen LogP contribution is 2.21. The van der Waals surface area contributed by atoms with Crippen LogP contribution in [0.25, 0.3) is 11.0 Å². The van der Waals surface area contributed by atoms with Gasteiger partial charge in [-0.3, -0.25) is 9.78 Å². The molecule has 0 atom stereocenters. The van der Waals surface area contributed by atoms with Crippen LogP contribution in [0.3, 0.4) is 0 Å². The Kier molecular flexibility index (Phi) is 6.00. The van der Waals surface area contributed by atoms with Crippen molar-refractivity contribution in [2.45, 2.75) is 13.8 Å². The normalized spacial score (nSPS) is 10.7. The molecular formula is C27H23N7O. The summed E-state index contributed by atoms with van der Waals surface area (Å²) in [6.07, 6.45) is 1.48. The van der Waals surface area contributed by atoms with Crippen molar-refractivity contribution in [3.8, 4) is 0 Å². The van der Waals surface area contributed by atoms with Crippen LogP contribution >= 0.6 is 0 Å². The fourth-order valence-corrected chi connectivity index (χ4v) is 3.50. The van der Waals surface area contributed by atoms with E-state index in [2.05, 4.69) is 35.9 Å². The maximum absolute atomic E-state index is 12.6. The number of hydrogen-bond acceptors (Lipinski definition) is 7. The van der Waals surface area contributed by atoms with Crippen molar-refractivity contribution in [3.05, 3.63) is 102 Å². The fraction of sp³-hybridized carbons (Fsp3) is 0.0741. The van der Waals surface area contributed by atoms with Gasteiger partial charge in [0.25, 0.3) is 5.91 Å². The van der Waals surface area contributed by atoms with Gasteiger partial charge < -0.3 is 16.0 Å². The molecule has 0 saturated carbocycles. The van der Waals surface area contributed by atoms with Crippen LogP contribution < -0.4 is 16.0 Å².